The molecule has 1 aliphatic carbocycles. The molecule has 2 heterocycles. The van der Waals surface area contributed by atoms with E-state index in [1.807, 2.05) is 11.3 Å². The van der Waals surface area contributed by atoms with E-state index in [0.29, 0.717) is 6.04 Å². The molecule has 1 aliphatic heterocycles. The van der Waals surface area contributed by atoms with Gasteiger partial charge >= 0.3 is 0 Å². The van der Waals surface area contributed by atoms with Gasteiger partial charge in [0, 0.05) is 24.0 Å². The van der Waals surface area contributed by atoms with Crippen LogP contribution < -0.4 is 10.2 Å². The van der Waals surface area contributed by atoms with E-state index >= 15 is 0 Å². The predicted octanol–water partition coefficient (Wildman–Crippen LogP) is 3.26. The molecule has 20 heavy (non-hydrogen) atoms. The number of nitrogens with zero attached hydrogens (tertiary/aromatic N) is 2. The zero-order valence-corrected chi connectivity index (χ0v) is 12.5. The molecule has 4 heteroatoms. The second-order valence-electron chi connectivity index (χ2n) is 5.67. The summed E-state index contributed by atoms with van der Waals surface area (Å²) in [4.78, 5) is 8.80. The van der Waals surface area contributed by atoms with Crippen molar-refractivity contribution in [3.63, 3.8) is 0 Å². The standard InChI is InChI=1S/C16H19N3S/c1-17-13-7-4-8-14-15(13)20-16(18-14)19-9-11-5-2-3-6-12(11)10-19/h2-3,5-6,13,17H,4,7-10H2,1H3. The molecule has 4 rings (SSSR count). The van der Waals surface area contributed by atoms with Gasteiger partial charge in [-0.1, -0.05) is 35.6 Å². The van der Waals surface area contributed by atoms with Crippen LogP contribution in [0.25, 0.3) is 0 Å². The maximum Gasteiger partial charge on any atom is 0.186 e. The number of fused-ring (bicyclic) bond motifs is 2. The third-order valence-corrected chi connectivity index (χ3v) is 5.67. The maximum absolute atomic E-state index is 4.92. The number of aryl methyl sites for hydroxylation is 1. The van der Waals surface area contributed by atoms with Gasteiger partial charge in [0.05, 0.1) is 5.69 Å². The van der Waals surface area contributed by atoms with Crippen molar-refractivity contribution in [2.45, 2.75) is 38.4 Å². The second-order valence-corrected chi connectivity index (χ2v) is 6.67. The molecule has 1 aromatic carbocycles. The minimum Gasteiger partial charge on any atom is -0.339 e. The van der Waals surface area contributed by atoms with Crippen molar-refractivity contribution in [1.82, 2.24) is 10.3 Å². The first-order valence-corrected chi connectivity index (χ1v) is 8.15. The number of anilines is 1. The molecule has 1 N–H and O–H groups in total. The van der Waals surface area contributed by atoms with Crippen LogP contribution in [0.1, 0.15) is 40.6 Å². The Labute approximate surface area is 123 Å². The number of hydrogen-bond donors (Lipinski definition) is 1. The SMILES string of the molecule is CNC1CCCc2nc(N3Cc4ccccc4C3)sc21. The van der Waals surface area contributed by atoms with Crippen molar-refractivity contribution in [3.8, 4) is 0 Å². The summed E-state index contributed by atoms with van der Waals surface area (Å²) in [7, 11) is 2.06. The Morgan fingerprint density at radius 3 is 2.70 bits per heavy atom. The summed E-state index contributed by atoms with van der Waals surface area (Å²) in [6, 6.07) is 9.24. The lowest BCUT2D eigenvalue weighted by molar-refractivity contribution is 0.501. The first kappa shape index (κ1) is 12.4. The largest absolute Gasteiger partial charge is 0.339 e. The van der Waals surface area contributed by atoms with Crippen molar-refractivity contribution in [2.75, 3.05) is 11.9 Å². The molecule has 0 spiro atoms. The number of thiazole rings is 1. The van der Waals surface area contributed by atoms with Gasteiger partial charge < -0.3 is 10.2 Å². The highest BCUT2D eigenvalue weighted by Crippen LogP contribution is 2.39. The minimum absolute atomic E-state index is 0.509. The maximum atomic E-state index is 4.92. The van der Waals surface area contributed by atoms with Crippen LogP contribution in [0.3, 0.4) is 0 Å². The molecule has 0 fully saturated rings. The summed E-state index contributed by atoms with van der Waals surface area (Å²) < 4.78 is 0. The zero-order chi connectivity index (χ0) is 13.5. The predicted molar refractivity (Wildman–Crippen MR) is 83.2 cm³/mol. The molecular formula is C16H19N3S. The minimum atomic E-state index is 0.509. The van der Waals surface area contributed by atoms with E-state index in [1.165, 1.54) is 39.7 Å². The monoisotopic (exact) mass is 285 g/mol. The van der Waals surface area contributed by atoms with Gasteiger partial charge in [0.15, 0.2) is 5.13 Å². The van der Waals surface area contributed by atoms with Crippen molar-refractivity contribution in [2.24, 2.45) is 0 Å². The number of rotatable bonds is 2. The van der Waals surface area contributed by atoms with E-state index in [1.54, 1.807) is 0 Å². The molecule has 2 aromatic rings. The summed E-state index contributed by atoms with van der Waals surface area (Å²) in [5, 5.41) is 4.64. The van der Waals surface area contributed by atoms with Gasteiger partial charge in [0.1, 0.15) is 0 Å². The van der Waals surface area contributed by atoms with E-state index in [0.717, 1.165) is 19.5 Å². The topological polar surface area (TPSA) is 28.2 Å². The summed E-state index contributed by atoms with van der Waals surface area (Å²) in [5.74, 6) is 0. The van der Waals surface area contributed by atoms with Gasteiger partial charge in [0.25, 0.3) is 0 Å². The Morgan fingerprint density at radius 1 is 1.25 bits per heavy atom. The Bertz CT molecular complexity index is 609. The number of hydrogen-bond acceptors (Lipinski definition) is 4. The second kappa shape index (κ2) is 4.86. The van der Waals surface area contributed by atoms with Crippen LogP contribution in [0.2, 0.25) is 0 Å². The van der Waals surface area contributed by atoms with Gasteiger partial charge in [-0.15, -0.1) is 0 Å². The average Bonchev–Trinajstić information content (AvgIpc) is 3.09. The number of benzene rings is 1. The Kier molecular flexibility index (Phi) is 3.00. The summed E-state index contributed by atoms with van der Waals surface area (Å²) in [5.41, 5.74) is 4.23. The fourth-order valence-corrected chi connectivity index (χ4v) is 4.54. The van der Waals surface area contributed by atoms with Crippen molar-refractivity contribution >= 4 is 16.5 Å². The molecule has 0 amide bonds. The molecule has 1 aromatic heterocycles. The molecule has 2 aliphatic rings. The lowest BCUT2D eigenvalue weighted by Crippen LogP contribution is -2.19. The van der Waals surface area contributed by atoms with Crippen molar-refractivity contribution in [3.05, 3.63) is 46.0 Å². The van der Waals surface area contributed by atoms with E-state index in [2.05, 4.69) is 41.5 Å². The molecule has 0 saturated heterocycles. The Hall–Kier alpha value is -1.39. The molecule has 0 bridgehead atoms. The zero-order valence-electron chi connectivity index (χ0n) is 11.7. The Balaban J connectivity index is 1.64. The van der Waals surface area contributed by atoms with E-state index < -0.39 is 0 Å². The summed E-state index contributed by atoms with van der Waals surface area (Å²) >= 11 is 1.89. The van der Waals surface area contributed by atoms with Crippen LogP contribution in [-0.4, -0.2) is 12.0 Å². The van der Waals surface area contributed by atoms with Crippen LogP contribution in [0.15, 0.2) is 24.3 Å². The quantitative estimate of drug-likeness (QED) is 0.918. The van der Waals surface area contributed by atoms with Gasteiger partial charge in [-0.2, -0.15) is 0 Å². The molecule has 1 unspecified atom stereocenters. The highest BCUT2D eigenvalue weighted by atomic mass is 32.1. The molecule has 1 atom stereocenters. The molecule has 3 nitrogen and oxygen atoms in total. The van der Waals surface area contributed by atoms with Crippen molar-refractivity contribution < 1.29 is 0 Å². The third-order valence-electron chi connectivity index (χ3n) is 4.40. The van der Waals surface area contributed by atoms with E-state index in [9.17, 15) is 0 Å². The van der Waals surface area contributed by atoms with E-state index in [4.69, 9.17) is 4.98 Å². The van der Waals surface area contributed by atoms with Crippen molar-refractivity contribution in [1.29, 1.82) is 0 Å². The van der Waals surface area contributed by atoms with Gasteiger partial charge in [-0.25, -0.2) is 4.98 Å². The number of aromatic nitrogens is 1. The fourth-order valence-electron chi connectivity index (χ4n) is 3.29. The van der Waals surface area contributed by atoms with Crippen LogP contribution in [-0.2, 0) is 19.5 Å². The molecule has 0 radical (unpaired) electrons. The average molecular weight is 285 g/mol. The molecular weight excluding hydrogens is 266 g/mol. The molecule has 0 saturated carbocycles. The Morgan fingerprint density at radius 2 is 2.00 bits per heavy atom. The molecule has 104 valence electrons. The first-order chi connectivity index (χ1) is 9.85. The number of nitrogens with one attached hydrogen (secondary N) is 1. The lowest BCUT2D eigenvalue weighted by Gasteiger charge is -2.19. The normalized spacial score (nSPS) is 20.9. The van der Waals surface area contributed by atoms with Gasteiger partial charge in [-0.05, 0) is 37.4 Å². The highest BCUT2D eigenvalue weighted by molar-refractivity contribution is 7.15. The fraction of sp³-hybridized carbons (Fsp3) is 0.438. The van der Waals surface area contributed by atoms with Gasteiger partial charge in [0.2, 0.25) is 0 Å². The van der Waals surface area contributed by atoms with Gasteiger partial charge in [-0.3, -0.25) is 0 Å². The van der Waals surface area contributed by atoms with Crippen LogP contribution in [0.5, 0.6) is 0 Å². The van der Waals surface area contributed by atoms with Crippen LogP contribution in [0, 0.1) is 0 Å². The lowest BCUT2D eigenvalue weighted by atomic mass is 9.98. The van der Waals surface area contributed by atoms with Crippen LogP contribution in [0.4, 0.5) is 5.13 Å². The summed E-state index contributed by atoms with van der Waals surface area (Å²) in [6.45, 7) is 2.01. The van der Waals surface area contributed by atoms with E-state index in [-0.39, 0.29) is 0 Å². The van der Waals surface area contributed by atoms with Crippen LogP contribution >= 0.6 is 11.3 Å². The first-order valence-electron chi connectivity index (χ1n) is 7.34. The smallest absolute Gasteiger partial charge is 0.186 e. The highest BCUT2D eigenvalue weighted by Gasteiger charge is 2.27. The summed E-state index contributed by atoms with van der Waals surface area (Å²) in [6.07, 6.45) is 3.64. The third kappa shape index (κ3) is 1.95.